The number of carbonyl (C=O) groups excluding carboxylic acids is 1. The Kier molecular flexibility index (Phi) is 5.28. The summed E-state index contributed by atoms with van der Waals surface area (Å²) in [4.78, 5) is 21.0. The van der Waals surface area contributed by atoms with Gasteiger partial charge in [-0.25, -0.2) is 0 Å². The van der Waals surface area contributed by atoms with E-state index >= 15 is 0 Å². The van der Waals surface area contributed by atoms with E-state index in [0.29, 0.717) is 18.0 Å². The Morgan fingerprint density at radius 2 is 1.91 bits per heavy atom. The highest BCUT2D eigenvalue weighted by Crippen LogP contribution is 2.25. The van der Waals surface area contributed by atoms with E-state index in [1.807, 2.05) is 4.90 Å². The zero-order chi connectivity index (χ0) is 16.2. The predicted octanol–water partition coefficient (Wildman–Crippen LogP) is 2.04. The number of nitrogens with zero attached hydrogens (tertiary/aromatic N) is 3. The topological polar surface area (TPSA) is 45.7 Å². The molecule has 23 heavy (non-hydrogen) atoms. The SMILES string of the molecule is CC(C)CN(C1CCOCC1)C1CN(C(=O)c2ccncc2)C1. The van der Waals surface area contributed by atoms with Crippen LogP contribution in [0.25, 0.3) is 0 Å². The lowest BCUT2D eigenvalue weighted by atomic mass is 9.97. The first kappa shape index (κ1) is 16.4. The van der Waals surface area contributed by atoms with Crippen molar-refractivity contribution in [2.75, 3.05) is 32.8 Å². The third-order valence-electron chi connectivity index (χ3n) is 4.78. The molecule has 0 bridgehead atoms. The Bertz CT molecular complexity index is 508. The maximum atomic E-state index is 12.5. The van der Waals surface area contributed by atoms with Crippen molar-refractivity contribution in [1.29, 1.82) is 0 Å². The number of ether oxygens (including phenoxy) is 1. The van der Waals surface area contributed by atoms with Gasteiger partial charge in [-0.1, -0.05) is 13.8 Å². The molecular weight excluding hydrogens is 290 g/mol. The minimum Gasteiger partial charge on any atom is -0.381 e. The number of likely N-dealkylation sites (tertiary alicyclic amines) is 1. The standard InChI is InChI=1S/C18H27N3O2/c1-14(2)11-21(16-5-9-23-10-6-16)17-12-20(13-17)18(22)15-3-7-19-8-4-15/h3-4,7-8,14,16-17H,5-6,9-13H2,1-2H3. The molecular formula is C18H27N3O2. The van der Waals surface area contributed by atoms with Crippen LogP contribution >= 0.6 is 0 Å². The number of carbonyl (C=O) groups is 1. The van der Waals surface area contributed by atoms with Gasteiger partial charge in [0.15, 0.2) is 0 Å². The molecule has 0 unspecified atom stereocenters. The number of hydrogen-bond acceptors (Lipinski definition) is 4. The molecule has 0 atom stereocenters. The summed E-state index contributed by atoms with van der Waals surface area (Å²) in [5.41, 5.74) is 0.736. The third-order valence-corrected chi connectivity index (χ3v) is 4.78. The second-order valence-corrected chi connectivity index (χ2v) is 7.03. The van der Waals surface area contributed by atoms with Gasteiger partial charge in [0.1, 0.15) is 0 Å². The minimum atomic E-state index is 0.125. The van der Waals surface area contributed by atoms with Crippen molar-refractivity contribution >= 4 is 5.91 Å². The van der Waals surface area contributed by atoms with Gasteiger partial charge in [-0.15, -0.1) is 0 Å². The maximum absolute atomic E-state index is 12.5. The van der Waals surface area contributed by atoms with Crippen molar-refractivity contribution in [3.63, 3.8) is 0 Å². The summed E-state index contributed by atoms with van der Waals surface area (Å²) in [5.74, 6) is 0.767. The maximum Gasteiger partial charge on any atom is 0.254 e. The van der Waals surface area contributed by atoms with Crippen LogP contribution in [-0.4, -0.2) is 65.6 Å². The molecule has 0 spiro atoms. The predicted molar refractivity (Wildman–Crippen MR) is 89.3 cm³/mol. The van der Waals surface area contributed by atoms with Crippen LogP contribution in [0.3, 0.4) is 0 Å². The van der Waals surface area contributed by atoms with Crippen molar-refractivity contribution in [3.05, 3.63) is 30.1 Å². The number of hydrogen-bond donors (Lipinski definition) is 0. The molecule has 1 aromatic heterocycles. The van der Waals surface area contributed by atoms with Crippen LogP contribution in [0.2, 0.25) is 0 Å². The molecule has 2 aliphatic heterocycles. The highest BCUT2D eigenvalue weighted by atomic mass is 16.5. The summed E-state index contributed by atoms with van der Waals surface area (Å²) >= 11 is 0. The molecule has 0 saturated carbocycles. The number of pyridine rings is 1. The van der Waals surface area contributed by atoms with E-state index in [1.54, 1.807) is 24.5 Å². The van der Waals surface area contributed by atoms with Gasteiger partial charge in [-0.2, -0.15) is 0 Å². The monoisotopic (exact) mass is 317 g/mol. The molecule has 5 nitrogen and oxygen atoms in total. The first-order valence-electron chi connectivity index (χ1n) is 8.68. The van der Waals surface area contributed by atoms with E-state index < -0.39 is 0 Å². The van der Waals surface area contributed by atoms with E-state index in [9.17, 15) is 4.79 Å². The molecule has 2 aliphatic rings. The van der Waals surface area contributed by atoms with Gasteiger partial charge in [0.2, 0.25) is 0 Å². The Balaban J connectivity index is 1.59. The summed E-state index contributed by atoms with van der Waals surface area (Å²) in [6, 6.07) is 4.68. The van der Waals surface area contributed by atoms with Crippen molar-refractivity contribution in [1.82, 2.24) is 14.8 Å². The van der Waals surface area contributed by atoms with Crippen LogP contribution in [0.1, 0.15) is 37.0 Å². The van der Waals surface area contributed by atoms with Crippen LogP contribution in [0.4, 0.5) is 0 Å². The van der Waals surface area contributed by atoms with Gasteiger partial charge in [0.25, 0.3) is 5.91 Å². The van der Waals surface area contributed by atoms with Crippen LogP contribution in [0.15, 0.2) is 24.5 Å². The van der Waals surface area contributed by atoms with E-state index in [-0.39, 0.29) is 5.91 Å². The molecule has 2 saturated heterocycles. The average molecular weight is 317 g/mol. The Hall–Kier alpha value is -1.46. The fourth-order valence-corrected chi connectivity index (χ4v) is 3.54. The van der Waals surface area contributed by atoms with E-state index in [2.05, 4.69) is 23.7 Å². The largest absolute Gasteiger partial charge is 0.381 e. The van der Waals surface area contributed by atoms with Crippen LogP contribution in [0, 0.1) is 5.92 Å². The highest BCUT2D eigenvalue weighted by molar-refractivity contribution is 5.94. The van der Waals surface area contributed by atoms with Gasteiger partial charge in [-0.05, 0) is 30.9 Å². The molecule has 1 aromatic rings. The van der Waals surface area contributed by atoms with E-state index in [1.165, 1.54) is 0 Å². The minimum absolute atomic E-state index is 0.125. The van der Waals surface area contributed by atoms with Gasteiger partial charge >= 0.3 is 0 Å². The zero-order valence-corrected chi connectivity index (χ0v) is 14.1. The third kappa shape index (κ3) is 3.90. The molecule has 1 amide bonds. The highest BCUT2D eigenvalue weighted by Gasteiger charge is 2.38. The lowest BCUT2D eigenvalue weighted by Crippen LogP contribution is -2.64. The zero-order valence-electron chi connectivity index (χ0n) is 14.1. The smallest absolute Gasteiger partial charge is 0.254 e. The van der Waals surface area contributed by atoms with E-state index in [4.69, 9.17) is 4.74 Å². The Morgan fingerprint density at radius 3 is 2.52 bits per heavy atom. The molecule has 0 aromatic carbocycles. The molecule has 3 rings (SSSR count). The second kappa shape index (κ2) is 7.41. The summed E-state index contributed by atoms with van der Waals surface area (Å²) < 4.78 is 5.51. The summed E-state index contributed by atoms with van der Waals surface area (Å²) in [6.45, 7) is 9.05. The second-order valence-electron chi connectivity index (χ2n) is 7.03. The summed E-state index contributed by atoms with van der Waals surface area (Å²) in [6.07, 6.45) is 5.58. The van der Waals surface area contributed by atoms with Gasteiger partial charge in [-0.3, -0.25) is 14.7 Å². The van der Waals surface area contributed by atoms with Gasteiger partial charge in [0, 0.05) is 62.9 Å². The molecule has 5 heteroatoms. The lowest BCUT2D eigenvalue weighted by molar-refractivity contribution is -0.0294. The summed E-state index contributed by atoms with van der Waals surface area (Å²) in [7, 11) is 0. The Morgan fingerprint density at radius 1 is 1.26 bits per heavy atom. The molecule has 2 fully saturated rings. The van der Waals surface area contributed by atoms with Crippen LogP contribution in [-0.2, 0) is 4.74 Å². The normalized spacial score (nSPS) is 20.1. The molecule has 0 N–H and O–H groups in total. The van der Waals surface area contributed by atoms with Crippen LogP contribution < -0.4 is 0 Å². The van der Waals surface area contributed by atoms with Crippen LogP contribution in [0.5, 0.6) is 0 Å². The van der Waals surface area contributed by atoms with Crippen molar-refractivity contribution in [2.45, 2.75) is 38.8 Å². The van der Waals surface area contributed by atoms with Gasteiger partial charge in [0.05, 0.1) is 0 Å². The number of aromatic nitrogens is 1. The molecule has 3 heterocycles. The molecule has 0 radical (unpaired) electrons. The Labute approximate surface area is 138 Å². The van der Waals surface area contributed by atoms with Crippen molar-refractivity contribution in [2.24, 2.45) is 5.92 Å². The first-order valence-corrected chi connectivity index (χ1v) is 8.68. The van der Waals surface area contributed by atoms with Crippen molar-refractivity contribution in [3.8, 4) is 0 Å². The fraction of sp³-hybridized carbons (Fsp3) is 0.667. The number of rotatable bonds is 5. The summed E-state index contributed by atoms with van der Waals surface area (Å²) in [5, 5.41) is 0. The van der Waals surface area contributed by atoms with Crippen molar-refractivity contribution < 1.29 is 9.53 Å². The number of amides is 1. The average Bonchev–Trinajstić information content (AvgIpc) is 2.53. The lowest BCUT2D eigenvalue weighted by Gasteiger charge is -2.49. The van der Waals surface area contributed by atoms with Gasteiger partial charge < -0.3 is 9.64 Å². The molecule has 126 valence electrons. The fourth-order valence-electron chi connectivity index (χ4n) is 3.54. The quantitative estimate of drug-likeness (QED) is 0.834. The van der Waals surface area contributed by atoms with E-state index in [0.717, 1.165) is 51.3 Å². The first-order chi connectivity index (χ1) is 11.1. The molecule has 0 aliphatic carbocycles.